The highest BCUT2D eigenvalue weighted by molar-refractivity contribution is 7.89. The zero-order chi connectivity index (χ0) is 20.4. The van der Waals surface area contributed by atoms with E-state index in [1.807, 2.05) is 42.5 Å². The Morgan fingerprint density at radius 1 is 1.07 bits per heavy atom. The number of hydrogen-bond acceptors (Lipinski definition) is 6. The van der Waals surface area contributed by atoms with Gasteiger partial charge in [0.2, 0.25) is 10.0 Å². The van der Waals surface area contributed by atoms with Gasteiger partial charge < -0.3 is 10.1 Å². The molecule has 148 valence electrons. The number of nitrogens with two attached hydrogens (primary N) is 1. The number of hydrazone groups is 1. The fraction of sp³-hybridized carbons (Fsp3) is 0.100. The van der Waals surface area contributed by atoms with Crippen LogP contribution >= 0.6 is 0 Å². The summed E-state index contributed by atoms with van der Waals surface area (Å²) in [5.41, 5.74) is 4.35. The van der Waals surface area contributed by atoms with E-state index in [-0.39, 0.29) is 22.6 Å². The first-order chi connectivity index (χ1) is 13.9. The number of ether oxygens (including phenoxy) is 1. The predicted molar refractivity (Wildman–Crippen MR) is 109 cm³/mol. The van der Waals surface area contributed by atoms with E-state index in [2.05, 4.69) is 15.8 Å². The summed E-state index contributed by atoms with van der Waals surface area (Å²) in [7, 11) is -3.76. The van der Waals surface area contributed by atoms with Crippen molar-refractivity contribution in [2.75, 3.05) is 5.43 Å². The molecular formula is C20H18N4O4S. The molecule has 0 saturated carbocycles. The molecular weight excluding hydrogens is 392 g/mol. The van der Waals surface area contributed by atoms with E-state index < -0.39 is 10.0 Å². The number of amides is 1. The van der Waals surface area contributed by atoms with Crippen LogP contribution in [-0.2, 0) is 14.8 Å². The summed E-state index contributed by atoms with van der Waals surface area (Å²) in [5.74, 6) is 1.20. The molecule has 0 spiro atoms. The molecule has 1 fully saturated rings. The maximum absolute atomic E-state index is 12.3. The van der Waals surface area contributed by atoms with E-state index in [0.29, 0.717) is 12.1 Å². The van der Waals surface area contributed by atoms with Crippen molar-refractivity contribution in [1.29, 1.82) is 0 Å². The number of carbonyl (C=O) groups is 1. The summed E-state index contributed by atoms with van der Waals surface area (Å²) in [5, 5.41) is 12.2. The van der Waals surface area contributed by atoms with Gasteiger partial charge in [0, 0.05) is 12.0 Å². The minimum atomic E-state index is -3.76. The number of hydrogen-bond donors (Lipinski definition) is 3. The third-order valence-corrected chi connectivity index (χ3v) is 5.42. The molecule has 2 aromatic rings. The van der Waals surface area contributed by atoms with E-state index in [0.717, 1.165) is 17.1 Å². The number of nitrogens with zero attached hydrogens (tertiary/aromatic N) is 1. The lowest BCUT2D eigenvalue weighted by molar-refractivity contribution is -0.114. The molecule has 29 heavy (non-hydrogen) atoms. The molecule has 0 radical (unpaired) electrons. The first kappa shape index (κ1) is 18.9. The molecule has 0 bridgehead atoms. The minimum absolute atomic E-state index is 0.000415. The van der Waals surface area contributed by atoms with Crippen LogP contribution in [0.1, 0.15) is 6.42 Å². The van der Waals surface area contributed by atoms with E-state index in [9.17, 15) is 13.2 Å². The van der Waals surface area contributed by atoms with Crippen LogP contribution in [0, 0.1) is 0 Å². The summed E-state index contributed by atoms with van der Waals surface area (Å²) >= 11 is 0. The van der Waals surface area contributed by atoms with Crippen molar-refractivity contribution >= 4 is 27.3 Å². The first-order valence-electron chi connectivity index (χ1n) is 8.81. The maximum atomic E-state index is 12.3. The average molecular weight is 410 g/mol. The van der Waals surface area contributed by atoms with Gasteiger partial charge in [0.1, 0.15) is 11.5 Å². The van der Waals surface area contributed by atoms with E-state index in [1.54, 1.807) is 0 Å². The summed E-state index contributed by atoms with van der Waals surface area (Å²) in [4.78, 5) is 12.3. The number of nitrogens with one attached hydrogen (secondary N) is 2. The molecule has 0 aromatic heterocycles. The molecule has 1 saturated heterocycles. The van der Waals surface area contributed by atoms with Crippen molar-refractivity contribution in [3.8, 4) is 5.75 Å². The zero-order valence-corrected chi connectivity index (χ0v) is 16.0. The predicted octanol–water partition coefficient (Wildman–Crippen LogP) is 1.89. The van der Waals surface area contributed by atoms with Gasteiger partial charge in [0.15, 0.2) is 5.71 Å². The zero-order valence-electron chi connectivity index (χ0n) is 15.2. The Kier molecular flexibility index (Phi) is 4.91. The van der Waals surface area contributed by atoms with Crippen molar-refractivity contribution in [3.63, 3.8) is 0 Å². The Bertz CT molecular complexity index is 1140. The molecule has 1 atom stereocenters. The number of para-hydroxylation sites is 1. The first-order valence-corrected chi connectivity index (χ1v) is 10.4. The van der Waals surface area contributed by atoms with Crippen molar-refractivity contribution in [2.45, 2.75) is 17.4 Å². The molecule has 2 aliphatic rings. The fourth-order valence-corrected chi connectivity index (χ4v) is 3.59. The maximum Gasteiger partial charge on any atom is 0.272 e. The Morgan fingerprint density at radius 2 is 1.79 bits per heavy atom. The SMILES string of the molecule is NS(=O)(=O)c1ccc(NN=C2C(=O)NC3CC(Oc4ccccc4)=CC=C23)cc1. The second kappa shape index (κ2) is 7.53. The average Bonchev–Trinajstić information content (AvgIpc) is 3.01. The van der Waals surface area contributed by atoms with Gasteiger partial charge in [-0.05, 0) is 42.5 Å². The fourth-order valence-electron chi connectivity index (χ4n) is 3.08. The van der Waals surface area contributed by atoms with Gasteiger partial charge in [-0.15, -0.1) is 0 Å². The van der Waals surface area contributed by atoms with Crippen LogP contribution in [0.15, 0.2) is 88.1 Å². The smallest absolute Gasteiger partial charge is 0.272 e. The summed E-state index contributed by atoms with van der Waals surface area (Å²) in [6, 6.07) is 15.0. The quantitative estimate of drug-likeness (QED) is 0.650. The number of rotatable bonds is 5. The molecule has 1 aliphatic heterocycles. The lowest BCUT2D eigenvalue weighted by atomic mass is 9.98. The minimum Gasteiger partial charge on any atom is -0.462 e. The lowest BCUT2D eigenvalue weighted by Crippen LogP contribution is -2.28. The summed E-state index contributed by atoms with van der Waals surface area (Å²) in [6.07, 6.45) is 4.17. The van der Waals surface area contributed by atoms with Crippen molar-refractivity contribution in [2.24, 2.45) is 10.2 Å². The third-order valence-electron chi connectivity index (χ3n) is 4.50. The van der Waals surface area contributed by atoms with Gasteiger partial charge in [-0.2, -0.15) is 5.10 Å². The van der Waals surface area contributed by atoms with Gasteiger partial charge in [0.25, 0.3) is 5.91 Å². The van der Waals surface area contributed by atoms with Crippen LogP contribution in [-0.4, -0.2) is 26.1 Å². The normalized spacial score (nSPS) is 19.8. The molecule has 1 heterocycles. The van der Waals surface area contributed by atoms with Crippen LogP contribution in [0.2, 0.25) is 0 Å². The monoisotopic (exact) mass is 410 g/mol. The number of benzene rings is 2. The van der Waals surface area contributed by atoms with Crippen LogP contribution in [0.3, 0.4) is 0 Å². The number of allylic oxidation sites excluding steroid dienone is 2. The van der Waals surface area contributed by atoms with Crippen molar-refractivity contribution < 1.29 is 17.9 Å². The number of carbonyl (C=O) groups excluding carboxylic acids is 1. The van der Waals surface area contributed by atoms with Crippen molar-refractivity contribution in [3.05, 3.63) is 78.1 Å². The largest absolute Gasteiger partial charge is 0.462 e. The third kappa shape index (κ3) is 4.20. The number of fused-ring (bicyclic) bond motifs is 1. The van der Waals surface area contributed by atoms with Crippen LogP contribution < -0.4 is 20.6 Å². The molecule has 4 N–H and O–H groups in total. The van der Waals surface area contributed by atoms with Gasteiger partial charge in [-0.25, -0.2) is 13.6 Å². The topological polar surface area (TPSA) is 123 Å². The Hall–Kier alpha value is -3.43. The van der Waals surface area contributed by atoms with E-state index in [4.69, 9.17) is 9.88 Å². The highest BCUT2D eigenvalue weighted by Crippen LogP contribution is 2.27. The summed E-state index contributed by atoms with van der Waals surface area (Å²) < 4.78 is 28.5. The van der Waals surface area contributed by atoms with E-state index >= 15 is 0 Å². The molecule has 8 nitrogen and oxygen atoms in total. The second-order valence-corrected chi connectivity index (χ2v) is 8.10. The van der Waals surface area contributed by atoms with Gasteiger partial charge in [-0.1, -0.05) is 24.3 Å². The second-order valence-electron chi connectivity index (χ2n) is 6.54. The van der Waals surface area contributed by atoms with Gasteiger partial charge >= 0.3 is 0 Å². The molecule has 1 aliphatic carbocycles. The number of primary sulfonamides is 1. The van der Waals surface area contributed by atoms with Crippen LogP contribution in [0.25, 0.3) is 0 Å². The molecule has 4 rings (SSSR count). The van der Waals surface area contributed by atoms with Gasteiger partial charge in [-0.3, -0.25) is 10.2 Å². The Morgan fingerprint density at radius 3 is 2.48 bits per heavy atom. The Labute approximate surface area is 167 Å². The lowest BCUT2D eigenvalue weighted by Gasteiger charge is -2.18. The van der Waals surface area contributed by atoms with E-state index in [1.165, 1.54) is 24.3 Å². The Balaban J connectivity index is 1.50. The standard InChI is InChI=1S/C20H18N4O4S/c21-29(26,27)16-9-6-13(7-10-16)23-24-19-17-11-8-15(12-18(17)22-20(19)25)28-14-4-2-1-3-5-14/h1-11,18,23H,12H2,(H,22,25)(H2,21,26,27). The van der Waals surface area contributed by atoms with Crippen molar-refractivity contribution in [1.82, 2.24) is 5.32 Å². The van der Waals surface area contributed by atoms with Crippen LogP contribution in [0.5, 0.6) is 5.75 Å². The molecule has 9 heteroatoms. The highest BCUT2D eigenvalue weighted by Gasteiger charge is 2.36. The summed E-state index contributed by atoms with van der Waals surface area (Å²) in [6.45, 7) is 0. The molecule has 1 amide bonds. The number of anilines is 1. The number of sulfonamides is 1. The molecule has 2 aromatic carbocycles. The van der Waals surface area contributed by atoms with Gasteiger partial charge in [0.05, 0.1) is 16.6 Å². The van der Waals surface area contributed by atoms with Crippen LogP contribution in [0.4, 0.5) is 5.69 Å². The highest BCUT2D eigenvalue weighted by atomic mass is 32.2. The molecule has 1 unspecified atom stereocenters.